The molecule has 8 nitrogen and oxygen atoms in total. The lowest BCUT2D eigenvalue weighted by Gasteiger charge is -2.13. The number of anilines is 1. The van der Waals surface area contributed by atoms with Crippen molar-refractivity contribution in [1.29, 1.82) is 0 Å². The van der Waals surface area contributed by atoms with Crippen LogP contribution in [0.15, 0.2) is 72.4 Å². The fourth-order valence-corrected chi connectivity index (χ4v) is 3.04. The van der Waals surface area contributed by atoms with Crippen molar-refractivity contribution in [1.82, 2.24) is 5.32 Å². The number of rotatable bonds is 7. The van der Waals surface area contributed by atoms with Gasteiger partial charge >= 0.3 is 0 Å². The minimum absolute atomic E-state index is 0.0634. The van der Waals surface area contributed by atoms with Crippen LogP contribution in [-0.2, 0) is 4.79 Å². The van der Waals surface area contributed by atoms with Gasteiger partial charge in [0.05, 0.1) is 17.6 Å². The molecule has 0 atom stereocenters. The van der Waals surface area contributed by atoms with E-state index in [0.717, 1.165) is 6.07 Å². The number of methoxy groups -OCH3 is 1. The molecule has 0 aliphatic rings. The van der Waals surface area contributed by atoms with Crippen molar-refractivity contribution in [2.24, 2.45) is 0 Å². The van der Waals surface area contributed by atoms with Crippen LogP contribution in [0, 0.1) is 15.9 Å². The predicted octanol–water partition coefficient (Wildman–Crippen LogP) is 4.81. The summed E-state index contributed by atoms with van der Waals surface area (Å²) in [4.78, 5) is 36.4. The number of nitro benzene ring substituents is 1. The number of halogens is 2. The largest absolute Gasteiger partial charge is 0.496 e. The Morgan fingerprint density at radius 2 is 1.85 bits per heavy atom. The van der Waals surface area contributed by atoms with E-state index in [1.54, 1.807) is 0 Å². The van der Waals surface area contributed by atoms with E-state index in [-0.39, 0.29) is 39.0 Å². The van der Waals surface area contributed by atoms with Gasteiger partial charge < -0.3 is 15.4 Å². The van der Waals surface area contributed by atoms with Crippen molar-refractivity contribution in [2.75, 3.05) is 12.4 Å². The molecule has 168 valence electrons. The third-order valence-electron chi connectivity index (χ3n) is 4.37. The quantitative estimate of drug-likeness (QED) is 0.293. The van der Waals surface area contributed by atoms with E-state index in [1.807, 2.05) is 0 Å². The number of carbonyl (C=O) groups excluding carboxylic acids is 2. The van der Waals surface area contributed by atoms with Gasteiger partial charge in [-0.1, -0.05) is 29.8 Å². The number of nitrogens with one attached hydrogen (secondary N) is 2. The van der Waals surface area contributed by atoms with Gasteiger partial charge in [0.15, 0.2) is 0 Å². The summed E-state index contributed by atoms with van der Waals surface area (Å²) in [7, 11) is 1.37. The molecule has 0 aromatic heterocycles. The highest BCUT2D eigenvalue weighted by Gasteiger charge is 2.19. The normalized spacial score (nSPS) is 10.9. The van der Waals surface area contributed by atoms with Crippen LogP contribution in [0.25, 0.3) is 6.08 Å². The van der Waals surface area contributed by atoms with Gasteiger partial charge in [0.1, 0.15) is 17.3 Å². The molecule has 0 radical (unpaired) electrons. The Labute approximate surface area is 192 Å². The molecule has 0 fully saturated rings. The van der Waals surface area contributed by atoms with E-state index in [0.29, 0.717) is 0 Å². The van der Waals surface area contributed by atoms with E-state index >= 15 is 0 Å². The monoisotopic (exact) mass is 469 g/mol. The number of carbonyl (C=O) groups is 2. The minimum Gasteiger partial charge on any atom is -0.496 e. The molecular formula is C23H17ClFN3O5. The summed E-state index contributed by atoms with van der Waals surface area (Å²) in [6.07, 6.45) is 1.26. The van der Waals surface area contributed by atoms with Gasteiger partial charge in [-0.25, -0.2) is 4.39 Å². The van der Waals surface area contributed by atoms with Gasteiger partial charge in [0, 0.05) is 22.8 Å². The van der Waals surface area contributed by atoms with Crippen LogP contribution in [0.5, 0.6) is 5.75 Å². The lowest BCUT2D eigenvalue weighted by atomic mass is 10.1. The van der Waals surface area contributed by atoms with Gasteiger partial charge in [-0.3, -0.25) is 19.7 Å². The van der Waals surface area contributed by atoms with Gasteiger partial charge in [-0.2, -0.15) is 0 Å². The van der Waals surface area contributed by atoms with Crippen LogP contribution in [0.1, 0.15) is 15.9 Å². The minimum atomic E-state index is -0.776. The lowest BCUT2D eigenvalue weighted by Crippen LogP contribution is -2.31. The Kier molecular flexibility index (Phi) is 7.37. The van der Waals surface area contributed by atoms with Crippen molar-refractivity contribution in [3.8, 4) is 5.75 Å². The molecule has 3 rings (SSSR count). The number of nitrogens with zero attached hydrogens (tertiary/aromatic N) is 1. The van der Waals surface area contributed by atoms with Crippen molar-refractivity contribution >= 4 is 40.9 Å². The van der Waals surface area contributed by atoms with Crippen LogP contribution < -0.4 is 15.4 Å². The summed E-state index contributed by atoms with van der Waals surface area (Å²) in [5, 5.41) is 16.3. The average Bonchev–Trinajstić information content (AvgIpc) is 2.78. The fourth-order valence-electron chi connectivity index (χ4n) is 2.87. The van der Waals surface area contributed by atoms with Gasteiger partial charge in [-0.15, -0.1) is 0 Å². The van der Waals surface area contributed by atoms with Crippen LogP contribution in [0.4, 0.5) is 15.8 Å². The Bertz CT molecular complexity index is 1260. The first-order chi connectivity index (χ1) is 15.8. The summed E-state index contributed by atoms with van der Waals surface area (Å²) in [6.45, 7) is 0. The van der Waals surface area contributed by atoms with Crippen LogP contribution >= 0.6 is 11.6 Å². The van der Waals surface area contributed by atoms with Crippen molar-refractivity contribution in [2.45, 2.75) is 0 Å². The molecule has 3 aromatic rings. The zero-order valence-corrected chi connectivity index (χ0v) is 17.9. The third kappa shape index (κ3) is 6.14. The first-order valence-corrected chi connectivity index (χ1v) is 9.82. The number of benzene rings is 3. The second-order valence-electron chi connectivity index (χ2n) is 6.67. The smallest absolute Gasteiger partial charge is 0.272 e. The molecule has 33 heavy (non-hydrogen) atoms. The maximum absolute atomic E-state index is 13.5. The van der Waals surface area contributed by atoms with Crippen LogP contribution in [0.3, 0.4) is 0 Å². The molecule has 10 heteroatoms. The first-order valence-electron chi connectivity index (χ1n) is 9.45. The first kappa shape index (κ1) is 23.4. The lowest BCUT2D eigenvalue weighted by molar-refractivity contribution is -0.384. The predicted molar refractivity (Wildman–Crippen MR) is 122 cm³/mol. The molecule has 2 amide bonds. The fraction of sp³-hybridized carbons (Fsp3) is 0.0435. The van der Waals surface area contributed by atoms with Crippen molar-refractivity contribution < 1.29 is 23.6 Å². The molecule has 3 aromatic carbocycles. The third-order valence-corrected chi connectivity index (χ3v) is 4.61. The Morgan fingerprint density at radius 1 is 1.09 bits per heavy atom. The summed E-state index contributed by atoms with van der Waals surface area (Å²) < 4.78 is 18.7. The second-order valence-corrected chi connectivity index (χ2v) is 7.11. The molecule has 0 bridgehead atoms. The SMILES string of the molecule is COc1ccc(Cl)cc1C(=O)NC(=Cc1cccc([N+](=O)[O-])c1)C(=O)Nc1cccc(F)c1. The molecule has 0 heterocycles. The van der Waals surface area contributed by atoms with E-state index in [1.165, 1.54) is 73.8 Å². The number of nitro groups is 1. The standard InChI is InChI=1S/C23H17ClFN3O5/c1-33-21-9-8-15(24)12-19(21)22(29)27-20(11-14-4-2-7-18(10-14)28(31)32)23(30)26-17-6-3-5-16(25)13-17/h2-13H,1H3,(H,26,30)(H,27,29). The maximum Gasteiger partial charge on any atom is 0.272 e. The number of amides is 2. The van der Waals surface area contributed by atoms with E-state index < -0.39 is 22.6 Å². The Morgan fingerprint density at radius 3 is 2.55 bits per heavy atom. The van der Waals surface area contributed by atoms with Gasteiger partial charge in [0.2, 0.25) is 0 Å². The number of ether oxygens (including phenoxy) is 1. The Balaban J connectivity index is 1.98. The molecule has 0 aliphatic heterocycles. The molecular weight excluding hydrogens is 453 g/mol. The summed E-state index contributed by atoms with van der Waals surface area (Å²) in [6, 6.07) is 15.1. The van der Waals surface area contributed by atoms with Crippen LogP contribution in [-0.4, -0.2) is 23.8 Å². The summed E-state index contributed by atoms with van der Waals surface area (Å²) in [5.41, 5.74) is 0.0586. The van der Waals surface area contributed by atoms with Gasteiger partial charge in [-0.05, 0) is 48.0 Å². The van der Waals surface area contributed by atoms with Crippen molar-refractivity contribution in [3.63, 3.8) is 0 Å². The summed E-state index contributed by atoms with van der Waals surface area (Å²) in [5.74, 6) is -1.83. The zero-order valence-electron chi connectivity index (χ0n) is 17.2. The van der Waals surface area contributed by atoms with Crippen molar-refractivity contribution in [3.05, 3.63) is 105 Å². The zero-order chi connectivity index (χ0) is 24.0. The van der Waals surface area contributed by atoms with Gasteiger partial charge in [0.25, 0.3) is 17.5 Å². The second kappa shape index (κ2) is 10.4. The van der Waals surface area contributed by atoms with Crippen LogP contribution in [0.2, 0.25) is 5.02 Å². The van der Waals surface area contributed by atoms with E-state index in [2.05, 4.69) is 10.6 Å². The maximum atomic E-state index is 13.5. The topological polar surface area (TPSA) is 111 Å². The van der Waals surface area contributed by atoms with E-state index in [4.69, 9.17) is 16.3 Å². The molecule has 2 N–H and O–H groups in total. The highest BCUT2D eigenvalue weighted by molar-refractivity contribution is 6.31. The molecule has 0 spiro atoms. The molecule has 0 saturated carbocycles. The highest BCUT2D eigenvalue weighted by Crippen LogP contribution is 2.23. The Hall–Kier alpha value is -4.24. The number of hydrogen-bond acceptors (Lipinski definition) is 5. The molecule has 0 saturated heterocycles. The molecule has 0 aliphatic carbocycles. The molecule has 0 unspecified atom stereocenters. The van der Waals surface area contributed by atoms with E-state index in [9.17, 15) is 24.1 Å². The summed E-state index contributed by atoms with van der Waals surface area (Å²) >= 11 is 5.99. The number of non-ortho nitro benzene ring substituents is 1. The number of hydrogen-bond donors (Lipinski definition) is 2. The average molecular weight is 470 g/mol. The highest BCUT2D eigenvalue weighted by atomic mass is 35.5.